The van der Waals surface area contributed by atoms with E-state index in [0.717, 1.165) is 15.7 Å². The molecule has 4 heteroatoms. The second-order valence-corrected chi connectivity index (χ2v) is 5.18. The van der Waals surface area contributed by atoms with E-state index in [-0.39, 0.29) is 5.91 Å². The van der Waals surface area contributed by atoms with Gasteiger partial charge in [0.25, 0.3) is 5.91 Å². The summed E-state index contributed by atoms with van der Waals surface area (Å²) in [5.74, 6) is -0.151. The van der Waals surface area contributed by atoms with Gasteiger partial charge in [-0.3, -0.25) is 4.79 Å². The van der Waals surface area contributed by atoms with Crippen molar-refractivity contribution in [3.05, 3.63) is 63.1 Å². The molecular formula is C14H11BrClNO. The topological polar surface area (TPSA) is 29.1 Å². The Kier molecular flexibility index (Phi) is 4.04. The lowest BCUT2D eigenvalue weighted by Crippen LogP contribution is -2.13. The van der Waals surface area contributed by atoms with Crippen LogP contribution in [0.15, 0.2) is 46.9 Å². The fourth-order valence-electron chi connectivity index (χ4n) is 1.58. The van der Waals surface area contributed by atoms with Crippen molar-refractivity contribution in [3.63, 3.8) is 0 Å². The third kappa shape index (κ3) is 2.92. The van der Waals surface area contributed by atoms with Crippen molar-refractivity contribution in [3.8, 4) is 0 Å². The molecule has 0 atom stereocenters. The van der Waals surface area contributed by atoms with Gasteiger partial charge < -0.3 is 5.32 Å². The van der Waals surface area contributed by atoms with Gasteiger partial charge in [-0.25, -0.2) is 0 Å². The Labute approximate surface area is 119 Å². The Morgan fingerprint density at radius 2 is 1.83 bits per heavy atom. The van der Waals surface area contributed by atoms with Gasteiger partial charge in [0, 0.05) is 15.1 Å². The van der Waals surface area contributed by atoms with Crippen LogP contribution in [-0.4, -0.2) is 5.91 Å². The molecule has 92 valence electrons. The maximum Gasteiger partial charge on any atom is 0.255 e. The van der Waals surface area contributed by atoms with Crippen LogP contribution in [0.25, 0.3) is 0 Å². The quantitative estimate of drug-likeness (QED) is 0.855. The molecule has 0 aromatic heterocycles. The maximum atomic E-state index is 12.1. The molecule has 0 saturated carbocycles. The minimum absolute atomic E-state index is 0.151. The number of carbonyl (C=O) groups excluding carboxylic acids is 1. The number of carbonyl (C=O) groups is 1. The predicted octanol–water partition coefficient (Wildman–Crippen LogP) is 4.66. The summed E-state index contributed by atoms with van der Waals surface area (Å²) < 4.78 is 0.866. The van der Waals surface area contributed by atoms with Gasteiger partial charge in [0.15, 0.2) is 0 Å². The van der Waals surface area contributed by atoms with Crippen molar-refractivity contribution >= 4 is 39.1 Å². The van der Waals surface area contributed by atoms with Gasteiger partial charge in [0.2, 0.25) is 0 Å². The fraction of sp³-hybridized carbons (Fsp3) is 0.0714. The summed E-state index contributed by atoms with van der Waals surface area (Å²) in [6.45, 7) is 1.95. The number of nitrogens with one attached hydrogen (secondary N) is 1. The Morgan fingerprint density at radius 1 is 1.17 bits per heavy atom. The predicted molar refractivity (Wildman–Crippen MR) is 78.3 cm³/mol. The number of para-hydroxylation sites is 1. The lowest BCUT2D eigenvalue weighted by Gasteiger charge is -2.10. The molecule has 0 heterocycles. The molecule has 0 spiro atoms. The van der Waals surface area contributed by atoms with E-state index in [4.69, 9.17) is 11.6 Å². The monoisotopic (exact) mass is 323 g/mol. The van der Waals surface area contributed by atoms with E-state index >= 15 is 0 Å². The van der Waals surface area contributed by atoms with Crippen molar-refractivity contribution < 1.29 is 4.79 Å². The van der Waals surface area contributed by atoms with Gasteiger partial charge in [0.1, 0.15) is 0 Å². The number of amides is 1. The van der Waals surface area contributed by atoms with E-state index in [2.05, 4.69) is 21.2 Å². The van der Waals surface area contributed by atoms with Crippen molar-refractivity contribution in [2.24, 2.45) is 0 Å². The Morgan fingerprint density at radius 3 is 2.44 bits per heavy atom. The van der Waals surface area contributed by atoms with Gasteiger partial charge >= 0.3 is 0 Å². The van der Waals surface area contributed by atoms with Crippen molar-refractivity contribution in [1.29, 1.82) is 0 Å². The molecule has 2 aromatic carbocycles. The van der Waals surface area contributed by atoms with E-state index in [1.807, 2.05) is 25.1 Å². The standard InChI is InChI=1S/C14H11BrClNO/c1-9-3-2-4-12(15)13(9)17-14(18)10-5-7-11(16)8-6-10/h2-8H,1H3,(H,17,18). The molecule has 2 aromatic rings. The van der Waals surface area contributed by atoms with E-state index in [1.165, 1.54) is 0 Å². The Bertz CT molecular complexity index is 561. The second-order valence-electron chi connectivity index (χ2n) is 3.89. The number of hydrogen-bond donors (Lipinski definition) is 1. The molecule has 18 heavy (non-hydrogen) atoms. The van der Waals surface area contributed by atoms with Crippen molar-refractivity contribution in [2.75, 3.05) is 5.32 Å². The third-order valence-electron chi connectivity index (χ3n) is 2.57. The highest BCUT2D eigenvalue weighted by atomic mass is 79.9. The zero-order valence-corrected chi connectivity index (χ0v) is 12.0. The van der Waals surface area contributed by atoms with E-state index in [9.17, 15) is 4.79 Å². The molecule has 0 radical (unpaired) electrons. The summed E-state index contributed by atoms with van der Waals surface area (Å²) in [6.07, 6.45) is 0. The molecule has 1 N–H and O–H groups in total. The van der Waals surface area contributed by atoms with Gasteiger partial charge in [-0.05, 0) is 58.7 Å². The minimum atomic E-state index is -0.151. The average Bonchev–Trinajstić information content (AvgIpc) is 2.34. The first-order valence-corrected chi connectivity index (χ1v) is 6.57. The first-order chi connectivity index (χ1) is 8.58. The molecule has 2 rings (SSSR count). The Hall–Kier alpha value is -1.32. The first-order valence-electron chi connectivity index (χ1n) is 5.40. The second kappa shape index (κ2) is 5.55. The highest BCUT2D eigenvalue weighted by Gasteiger charge is 2.09. The van der Waals surface area contributed by atoms with Crippen LogP contribution in [0.1, 0.15) is 15.9 Å². The molecule has 0 aliphatic heterocycles. The lowest BCUT2D eigenvalue weighted by atomic mass is 10.1. The van der Waals surface area contributed by atoms with Crippen LogP contribution in [0.2, 0.25) is 5.02 Å². The van der Waals surface area contributed by atoms with Crippen LogP contribution in [-0.2, 0) is 0 Å². The maximum absolute atomic E-state index is 12.1. The highest BCUT2D eigenvalue weighted by Crippen LogP contribution is 2.26. The average molecular weight is 325 g/mol. The van der Waals surface area contributed by atoms with Crippen molar-refractivity contribution in [2.45, 2.75) is 6.92 Å². The number of aryl methyl sites for hydroxylation is 1. The molecule has 0 bridgehead atoms. The highest BCUT2D eigenvalue weighted by molar-refractivity contribution is 9.10. The lowest BCUT2D eigenvalue weighted by molar-refractivity contribution is 0.102. The number of anilines is 1. The van der Waals surface area contributed by atoms with E-state index in [0.29, 0.717) is 10.6 Å². The molecule has 2 nitrogen and oxygen atoms in total. The summed E-state index contributed by atoms with van der Waals surface area (Å²) >= 11 is 9.21. The van der Waals surface area contributed by atoms with Gasteiger partial charge in [-0.1, -0.05) is 23.7 Å². The molecule has 0 aliphatic rings. The summed E-state index contributed by atoms with van der Waals surface area (Å²) in [6, 6.07) is 12.6. The van der Waals surface area contributed by atoms with Crippen LogP contribution < -0.4 is 5.32 Å². The van der Waals surface area contributed by atoms with Crippen LogP contribution in [0, 0.1) is 6.92 Å². The van der Waals surface area contributed by atoms with Crippen LogP contribution in [0.4, 0.5) is 5.69 Å². The van der Waals surface area contributed by atoms with Gasteiger partial charge in [0.05, 0.1) is 5.69 Å². The summed E-state index contributed by atoms with van der Waals surface area (Å²) in [7, 11) is 0. The molecule has 1 amide bonds. The van der Waals surface area contributed by atoms with Crippen LogP contribution in [0.5, 0.6) is 0 Å². The minimum Gasteiger partial charge on any atom is -0.321 e. The third-order valence-corrected chi connectivity index (χ3v) is 3.48. The largest absolute Gasteiger partial charge is 0.321 e. The molecule has 0 aliphatic carbocycles. The Balaban J connectivity index is 2.24. The molecular weight excluding hydrogens is 314 g/mol. The molecule has 0 unspecified atom stereocenters. The summed E-state index contributed by atoms with van der Waals surface area (Å²) in [5.41, 5.74) is 2.37. The number of hydrogen-bond acceptors (Lipinski definition) is 1. The fourth-order valence-corrected chi connectivity index (χ4v) is 2.27. The van der Waals surface area contributed by atoms with Crippen LogP contribution in [0.3, 0.4) is 0 Å². The normalized spacial score (nSPS) is 10.2. The number of halogens is 2. The summed E-state index contributed by atoms with van der Waals surface area (Å²) in [5, 5.41) is 3.50. The SMILES string of the molecule is Cc1cccc(Br)c1NC(=O)c1ccc(Cl)cc1. The first kappa shape index (κ1) is 13.1. The van der Waals surface area contributed by atoms with Gasteiger partial charge in [-0.15, -0.1) is 0 Å². The summed E-state index contributed by atoms with van der Waals surface area (Å²) in [4.78, 5) is 12.1. The number of benzene rings is 2. The molecule has 0 saturated heterocycles. The van der Waals surface area contributed by atoms with Gasteiger partial charge in [-0.2, -0.15) is 0 Å². The zero-order valence-electron chi connectivity index (χ0n) is 9.71. The van der Waals surface area contributed by atoms with Crippen LogP contribution >= 0.6 is 27.5 Å². The zero-order chi connectivity index (χ0) is 13.1. The van der Waals surface area contributed by atoms with E-state index < -0.39 is 0 Å². The van der Waals surface area contributed by atoms with E-state index in [1.54, 1.807) is 24.3 Å². The molecule has 0 fully saturated rings. The van der Waals surface area contributed by atoms with Crippen molar-refractivity contribution in [1.82, 2.24) is 0 Å². The smallest absolute Gasteiger partial charge is 0.255 e. The number of rotatable bonds is 2.